The molecule has 0 spiro atoms. The lowest BCUT2D eigenvalue weighted by atomic mass is 9.30. The van der Waals surface area contributed by atoms with Gasteiger partial charge in [0.15, 0.2) is 0 Å². The molecule has 107 heavy (non-hydrogen) atoms. The van der Waals surface area contributed by atoms with Gasteiger partial charge in [-0.05, 0) is 228 Å². The molecule has 0 amide bonds. The number of nitrogens with zero attached hydrogens (tertiary/aromatic N) is 4. The Morgan fingerprint density at radius 3 is 1.05 bits per heavy atom. The van der Waals surface area contributed by atoms with Gasteiger partial charge in [0.25, 0.3) is 20.1 Å². The van der Waals surface area contributed by atoms with Crippen molar-refractivity contribution in [2.75, 3.05) is 10.2 Å². The van der Waals surface area contributed by atoms with E-state index in [1.807, 2.05) is 0 Å². The van der Waals surface area contributed by atoms with Crippen LogP contribution in [0, 0.1) is 76.2 Å². The van der Waals surface area contributed by atoms with Gasteiger partial charge in [-0.2, -0.15) is 0 Å². The lowest BCUT2D eigenvalue weighted by Gasteiger charge is -2.43. The van der Waals surface area contributed by atoms with Crippen LogP contribution in [0.2, 0.25) is 0 Å². The van der Waals surface area contributed by atoms with E-state index in [4.69, 9.17) is 18.9 Å². The van der Waals surface area contributed by atoms with Crippen LogP contribution in [0.1, 0.15) is 61.2 Å². The number of aromatic nitrogens is 3. The van der Waals surface area contributed by atoms with Gasteiger partial charge in [-0.15, -0.1) is 0 Å². The molecule has 17 aromatic rings. The monoisotopic (exact) mass is 1380 g/mol. The molecule has 12 heteroatoms. The quantitative estimate of drug-likeness (QED) is 0.177. The van der Waals surface area contributed by atoms with E-state index in [1.165, 1.54) is 99.0 Å². The highest BCUT2D eigenvalue weighted by atomic mass is 16.5. The smallest absolute Gasteiger partial charge is 0.260 e. The zero-order valence-electron chi connectivity index (χ0n) is 61.4. The largest absolute Gasteiger partial charge is 0.458 e. The van der Waals surface area contributed by atoms with Crippen LogP contribution in [0.25, 0.3) is 82.5 Å². The summed E-state index contributed by atoms with van der Waals surface area (Å²) in [6, 6.07) is 82.7. The van der Waals surface area contributed by atoms with E-state index in [9.17, 15) is 0 Å². The normalized spacial score (nSPS) is 13.7. The second-order valence-corrected chi connectivity index (χ2v) is 31.7. The van der Waals surface area contributed by atoms with Gasteiger partial charge in [0.1, 0.15) is 46.0 Å². The fourth-order valence-corrected chi connectivity index (χ4v) is 19.8. The first-order chi connectivity index (χ1) is 52.0. The fourth-order valence-electron chi connectivity index (χ4n) is 19.8. The zero-order chi connectivity index (χ0) is 71.7. The lowest BCUT2D eigenvalue weighted by molar-refractivity contribution is 0.464. The van der Waals surface area contributed by atoms with Crippen LogP contribution < -0.4 is 78.3 Å². The number of rotatable bonds is 4. The van der Waals surface area contributed by atoms with Gasteiger partial charge >= 0.3 is 0 Å². The molecule has 1 N–H and O–H groups in total. The third-order valence-electron chi connectivity index (χ3n) is 24.2. The molecule has 0 fully saturated rings. The maximum absolute atomic E-state index is 7.86. The van der Waals surface area contributed by atoms with Gasteiger partial charge in [0.2, 0.25) is 0 Å². The number of fused-ring (bicyclic) bond motifs is 21. The van der Waals surface area contributed by atoms with E-state index in [-0.39, 0.29) is 20.1 Å². The first kappa shape index (κ1) is 60.8. The van der Waals surface area contributed by atoms with Crippen molar-refractivity contribution < 1.29 is 18.9 Å². The van der Waals surface area contributed by atoms with Crippen LogP contribution in [0.3, 0.4) is 0 Å². The molecule has 0 atom stereocenters. The topological polar surface area (TPSA) is 67.0 Å². The molecule has 0 saturated carbocycles. The average Bonchev–Trinajstić information content (AvgIpc) is 1.30. The summed E-state index contributed by atoms with van der Waals surface area (Å²) in [4.78, 5) is 2.56. The second kappa shape index (κ2) is 21.4. The molecule has 0 unspecified atom stereocenters. The molecule has 0 radical (unpaired) electrons. The molecular weight excluding hydrogens is 1310 g/mol. The Morgan fingerprint density at radius 2 is 0.589 bits per heavy atom. The van der Waals surface area contributed by atoms with E-state index in [0.29, 0.717) is 0 Å². The first-order valence-corrected chi connectivity index (χ1v) is 37.5. The molecule has 14 aromatic carbocycles. The Bertz CT molecular complexity index is 6850. The number of hydrogen-bond donors (Lipinski definition) is 1. The van der Waals surface area contributed by atoms with Crippen molar-refractivity contribution in [1.82, 2.24) is 13.7 Å². The van der Waals surface area contributed by atoms with Crippen LogP contribution in [0.15, 0.2) is 218 Å². The van der Waals surface area contributed by atoms with E-state index < -0.39 is 0 Å². The lowest BCUT2D eigenvalue weighted by Crippen LogP contribution is -2.64. The van der Waals surface area contributed by atoms with Gasteiger partial charge in [-0.25, -0.2) is 0 Å². The highest BCUT2D eigenvalue weighted by molar-refractivity contribution is 7.03. The summed E-state index contributed by atoms with van der Waals surface area (Å²) in [7, 11) is 0. The van der Waals surface area contributed by atoms with Crippen LogP contribution in [0.5, 0.6) is 46.0 Å². The van der Waals surface area contributed by atoms with E-state index in [1.54, 1.807) is 0 Å². The van der Waals surface area contributed by atoms with Crippen molar-refractivity contribution in [1.29, 1.82) is 0 Å². The number of aryl methyl sites for hydroxylation is 11. The summed E-state index contributed by atoms with van der Waals surface area (Å²) in [6.07, 6.45) is 0. The van der Waals surface area contributed by atoms with E-state index >= 15 is 0 Å². The summed E-state index contributed by atoms with van der Waals surface area (Å²) in [5, 5.41) is 11.4. The molecule has 508 valence electrons. The van der Waals surface area contributed by atoms with Gasteiger partial charge in [0, 0.05) is 96.9 Å². The van der Waals surface area contributed by atoms with Crippen molar-refractivity contribution in [3.05, 3.63) is 280 Å². The number of hydrogen-bond acceptors (Lipinski definition) is 6. The van der Waals surface area contributed by atoms with Gasteiger partial charge in [-0.1, -0.05) is 135 Å². The van der Waals surface area contributed by atoms with Crippen LogP contribution in [-0.4, -0.2) is 33.8 Å². The standard InChI is InChI=1S/C95H70B3N5O4/c1-48-12-20-76-62(30-48)63-31-49(2)13-21-77(63)100(76)59-38-75-92-88(40-59)104-84-26-18-54(7)36-70(84)96(92)68-44-72-86(46-74(68)99-75)106-90-42-61(102-80-24-16-52(5)34-66(80)67-35-53(6)17-25-81(67)102)43-91-94(90)98(72)73-45-69-82(47-87(73)107-91)103(95-57(10)28-56(9)29-58(95)11)83-39-60(41-89-93(83)97(69)71-37-55(8)19-27-85(71)105-89)101-78-22-14-50(3)32-64(78)65-33-51(4)15-23-79(65)101/h12-47,99H,1-11H3. The SMILES string of the molecule is Cc1cc(C)c(N2c3cc4c(cc3B3c5cc(C)ccc5Oc5cc(-n6c7ccc(C)cc7c7cc(C)ccc76)cc2c53)B2c3cc5c(cc3Oc3cc(-n6c7ccc(C)cc7c7cc(C)ccc76)cc(c32)O4)Nc2cc(-n3c4ccc(C)cc4c4cc(C)ccc43)cc3c2B5c2cc(C)ccc2O3)c(C)c1. The third-order valence-corrected chi connectivity index (χ3v) is 24.2. The highest BCUT2D eigenvalue weighted by Crippen LogP contribution is 2.50. The number of anilines is 5. The molecule has 9 heterocycles. The van der Waals surface area contributed by atoms with Gasteiger partial charge in [0.05, 0.1) is 55.8 Å². The maximum Gasteiger partial charge on any atom is 0.260 e. The molecule has 6 aliphatic heterocycles. The second-order valence-electron chi connectivity index (χ2n) is 31.7. The van der Waals surface area contributed by atoms with Gasteiger partial charge in [-0.3, -0.25) is 0 Å². The molecule has 0 aliphatic carbocycles. The molecule has 0 bridgehead atoms. The number of ether oxygens (including phenoxy) is 4. The summed E-state index contributed by atoms with van der Waals surface area (Å²) < 4.78 is 37.5. The Morgan fingerprint density at radius 1 is 0.243 bits per heavy atom. The van der Waals surface area contributed by atoms with Crippen LogP contribution in [0.4, 0.5) is 28.4 Å². The Balaban J connectivity index is 0.785. The minimum absolute atomic E-state index is 0.191. The Kier molecular flexibility index (Phi) is 12.1. The minimum atomic E-state index is -0.345. The van der Waals surface area contributed by atoms with Crippen molar-refractivity contribution in [3.8, 4) is 63.1 Å². The van der Waals surface area contributed by atoms with Crippen molar-refractivity contribution in [2.24, 2.45) is 0 Å². The molecular formula is C95H70B3N5O4. The predicted molar refractivity (Wildman–Crippen MR) is 446 cm³/mol. The molecule has 0 saturated heterocycles. The van der Waals surface area contributed by atoms with Crippen LogP contribution in [-0.2, 0) is 0 Å². The summed E-state index contributed by atoms with van der Waals surface area (Å²) in [5.41, 5.74) is 38.3. The Labute approximate surface area is 621 Å². The number of benzene rings is 14. The Hall–Kier alpha value is -12.5. The highest BCUT2D eigenvalue weighted by Gasteiger charge is 2.49. The van der Waals surface area contributed by atoms with Crippen molar-refractivity contribution >= 4 is 163 Å². The number of nitrogens with one attached hydrogen (secondary N) is 1. The zero-order valence-corrected chi connectivity index (χ0v) is 61.4. The fraction of sp³-hybridized carbons (Fsp3) is 0.116. The minimum Gasteiger partial charge on any atom is -0.458 e. The maximum atomic E-state index is 7.86. The molecule has 23 rings (SSSR count). The molecule has 3 aromatic heterocycles. The predicted octanol–water partition coefficient (Wildman–Crippen LogP) is 18.2. The van der Waals surface area contributed by atoms with E-state index in [2.05, 4.69) is 318 Å². The molecule has 6 aliphatic rings. The summed E-state index contributed by atoms with van der Waals surface area (Å²) in [5.74, 6) is 6.47. The van der Waals surface area contributed by atoms with Gasteiger partial charge < -0.3 is 42.9 Å². The summed E-state index contributed by atoms with van der Waals surface area (Å²) >= 11 is 0. The average molecular weight is 1380 g/mol. The first-order valence-electron chi connectivity index (χ1n) is 37.5. The summed E-state index contributed by atoms with van der Waals surface area (Å²) in [6.45, 7) is 23.5. The van der Waals surface area contributed by atoms with E-state index in [0.717, 1.165) is 168 Å². The van der Waals surface area contributed by atoms with Crippen molar-refractivity contribution in [3.63, 3.8) is 0 Å². The van der Waals surface area contributed by atoms with Crippen molar-refractivity contribution in [2.45, 2.75) is 76.2 Å². The molecule has 9 nitrogen and oxygen atoms in total. The third kappa shape index (κ3) is 8.49. The van der Waals surface area contributed by atoms with Crippen LogP contribution >= 0.6 is 0 Å².